The highest BCUT2D eigenvalue weighted by Gasteiger charge is 2.39. The van der Waals surface area contributed by atoms with E-state index in [9.17, 15) is 14.9 Å². The molecule has 3 aliphatic rings. The lowest BCUT2D eigenvalue weighted by Gasteiger charge is -2.44. The Balaban J connectivity index is 1.59. The lowest BCUT2D eigenvalue weighted by molar-refractivity contribution is -0.134. The van der Waals surface area contributed by atoms with Crippen LogP contribution in [0.15, 0.2) is 0 Å². The summed E-state index contributed by atoms with van der Waals surface area (Å²) < 4.78 is 10.7. The number of pyridine rings is 1. The second kappa shape index (κ2) is 10.0. The van der Waals surface area contributed by atoms with Gasteiger partial charge in [-0.3, -0.25) is 4.79 Å². The molecule has 35 heavy (non-hydrogen) atoms. The third kappa shape index (κ3) is 5.37. The average molecular weight is 484 g/mol. The molecule has 1 N–H and O–H groups in total. The number of alkyl carbamates (subject to hydrolysis) is 1. The molecule has 4 rings (SSSR count). The first kappa shape index (κ1) is 25.2. The molecule has 1 saturated heterocycles. The Morgan fingerprint density at radius 2 is 2.03 bits per heavy atom. The van der Waals surface area contributed by atoms with Crippen LogP contribution in [0.25, 0.3) is 0 Å². The molecule has 0 unspecified atom stereocenters. The average Bonchev–Trinajstić information content (AvgIpc) is 3.67. The molecule has 2 amide bonds. The highest BCUT2D eigenvalue weighted by Crippen LogP contribution is 2.46. The summed E-state index contributed by atoms with van der Waals surface area (Å²) in [6.07, 6.45) is 2.64. The fourth-order valence-corrected chi connectivity index (χ4v) is 5.19. The van der Waals surface area contributed by atoms with Crippen molar-refractivity contribution in [3.8, 4) is 6.07 Å². The lowest BCUT2D eigenvalue weighted by atomic mass is 9.87. The quantitative estimate of drug-likeness (QED) is 0.662. The molecule has 0 bridgehead atoms. The molecule has 1 aromatic rings. The summed E-state index contributed by atoms with van der Waals surface area (Å²) in [5, 5.41) is 12.8. The predicted octanol–water partition coefficient (Wildman–Crippen LogP) is 3.10. The fourth-order valence-electron chi connectivity index (χ4n) is 5.19. The first-order valence-corrected chi connectivity index (χ1v) is 12.6. The van der Waals surface area contributed by atoms with E-state index in [4.69, 9.17) is 9.72 Å². The summed E-state index contributed by atoms with van der Waals surface area (Å²) in [4.78, 5) is 33.5. The van der Waals surface area contributed by atoms with Gasteiger partial charge in [-0.1, -0.05) is 13.8 Å². The Kier molecular flexibility index (Phi) is 7.22. The van der Waals surface area contributed by atoms with Crippen LogP contribution in [0.5, 0.6) is 0 Å². The van der Waals surface area contributed by atoms with Crippen LogP contribution in [-0.4, -0.2) is 66.8 Å². The third-order valence-electron chi connectivity index (χ3n) is 7.31. The van der Waals surface area contributed by atoms with Crippen LogP contribution in [-0.2, 0) is 27.3 Å². The van der Waals surface area contributed by atoms with Gasteiger partial charge in [-0.25, -0.2) is 9.78 Å². The number of nitrogens with one attached hydrogen (secondary N) is 1. The van der Waals surface area contributed by atoms with Gasteiger partial charge in [-0.05, 0) is 38.2 Å². The van der Waals surface area contributed by atoms with Gasteiger partial charge in [0, 0.05) is 50.5 Å². The number of nitriles is 1. The minimum absolute atomic E-state index is 0.0104. The summed E-state index contributed by atoms with van der Waals surface area (Å²) in [7, 11) is 1.30. The van der Waals surface area contributed by atoms with Gasteiger partial charge in [0.1, 0.15) is 11.9 Å². The van der Waals surface area contributed by atoms with E-state index >= 15 is 0 Å². The molecule has 1 aliphatic carbocycles. The van der Waals surface area contributed by atoms with E-state index in [1.54, 1.807) is 0 Å². The highest BCUT2D eigenvalue weighted by molar-refractivity contribution is 5.78. The number of aromatic nitrogens is 1. The van der Waals surface area contributed by atoms with Crippen molar-refractivity contribution >= 4 is 17.8 Å². The normalized spacial score (nSPS) is 21.3. The van der Waals surface area contributed by atoms with E-state index in [0.29, 0.717) is 44.1 Å². The van der Waals surface area contributed by atoms with Crippen LogP contribution in [0.1, 0.15) is 75.3 Å². The zero-order chi connectivity index (χ0) is 25.3. The highest BCUT2D eigenvalue weighted by atomic mass is 16.5. The standard InChI is InChI=1S/C26H37N5O4/c1-16(2)21-14-30(10-11-31(21)22(32)8-9-28-25(33)34-5)24-19(13-27)18-12-26(3,4)35-15-20(18)23(29-24)17-6-7-17/h16-17,21H,6-12,14-15H2,1-5H3,(H,28,33)/t21-/m0/s1. The minimum Gasteiger partial charge on any atom is -0.453 e. The Hall–Kier alpha value is -2.86. The Morgan fingerprint density at radius 3 is 2.66 bits per heavy atom. The maximum Gasteiger partial charge on any atom is 0.406 e. The molecule has 9 nitrogen and oxygen atoms in total. The van der Waals surface area contributed by atoms with Crippen molar-refractivity contribution in [2.24, 2.45) is 5.92 Å². The lowest BCUT2D eigenvalue weighted by Crippen LogP contribution is -2.58. The van der Waals surface area contributed by atoms with Crippen LogP contribution in [0.4, 0.5) is 10.6 Å². The van der Waals surface area contributed by atoms with Crippen LogP contribution < -0.4 is 10.2 Å². The number of nitrogens with zero attached hydrogens (tertiary/aromatic N) is 4. The molecule has 1 aromatic heterocycles. The van der Waals surface area contributed by atoms with Gasteiger partial charge >= 0.3 is 6.09 Å². The topological polar surface area (TPSA) is 108 Å². The van der Waals surface area contributed by atoms with Crippen LogP contribution in [0.3, 0.4) is 0 Å². The monoisotopic (exact) mass is 483 g/mol. The number of amides is 2. The number of hydrogen-bond acceptors (Lipinski definition) is 7. The SMILES string of the molecule is COC(=O)NCCC(=O)N1CCN(c2nc(C3CC3)c3c(c2C#N)CC(C)(C)OC3)C[C@H]1C(C)C. The van der Waals surface area contributed by atoms with E-state index in [1.807, 2.05) is 4.90 Å². The molecule has 1 saturated carbocycles. The van der Waals surface area contributed by atoms with E-state index in [1.165, 1.54) is 7.11 Å². The second-order valence-electron chi connectivity index (χ2n) is 10.8. The van der Waals surface area contributed by atoms with E-state index in [2.05, 4.69) is 48.7 Å². The second-order valence-corrected chi connectivity index (χ2v) is 10.8. The first-order chi connectivity index (χ1) is 16.6. The summed E-state index contributed by atoms with van der Waals surface area (Å²) in [5.74, 6) is 1.45. The Bertz CT molecular complexity index is 1030. The van der Waals surface area contributed by atoms with Crippen molar-refractivity contribution in [2.45, 2.75) is 77.5 Å². The van der Waals surface area contributed by atoms with Gasteiger partial charge in [-0.15, -0.1) is 0 Å². The van der Waals surface area contributed by atoms with Crippen molar-refractivity contribution in [1.82, 2.24) is 15.2 Å². The third-order valence-corrected chi connectivity index (χ3v) is 7.31. The molecule has 0 radical (unpaired) electrons. The van der Waals surface area contributed by atoms with Gasteiger partial charge in [0.15, 0.2) is 0 Å². The predicted molar refractivity (Wildman–Crippen MR) is 131 cm³/mol. The first-order valence-electron chi connectivity index (χ1n) is 12.6. The summed E-state index contributed by atoms with van der Waals surface area (Å²) in [6, 6.07) is 2.46. The summed E-state index contributed by atoms with van der Waals surface area (Å²) in [5.41, 5.74) is 3.63. The number of anilines is 1. The molecular weight excluding hydrogens is 446 g/mol. The van der Waals surface area contributed by atoms with E-state index in [0.717, 1.165) is 35.5 Å². The Morgan fingerprint density at radius 1 is 1.29 bits per heavy atom. The zero-order valence-electron chi connectivity index (χ0n) is 21.5. The minimum atomic E-state index is -0.536. The summed E-state index contributed by atoms with van der Waals surface area (Å²) >= 11 is 0. The zero-order valence-corrected chi connectivity index (χ0v) is 21.5. The van der Waals surface area contributed by atoms with Crippen molar-refractivity contribution in [3.63, 3.8) is 0 Å². The smallest absolute Gasteiger partial charge is 0.406 e. The number of carbonyl (C=O) groups excluding carboxylic acids is 2. The number of ether oxygens (including phenoxy) is 2. The maximum atomic E-state index is 13.0. The molecule has 190 valence electrons. The van der Waals surface area contributed by atoms with Crippen molar-refractivity contribution in [1.29, 1.82) is 5.26 Å². The van der Waals surface area contributed by atoms with Crippen molar-refractivity contribution in [2.75, 3.05) is 38.2 Å². The van der Waals surface area contributed by atoms with Gasteiger partial charge in [0.05, 0.1) is 36.6 Å². The molecule has 2 fully saturated rings. The molecule has 1 atom stereocenters. The van der Waals surface area contributed by atoms with Gasteiger partial charge in [0.2, 0.25) is 5.91 Å². The molecular formula is C26H37N5O4. The fraction of sp³-hybridized carbons (Fsp3) is 0.692. The number of hydrogen-bond donors (Lipinski definition) is 1. The van der Waals surface area contributed by atoms with Crippen molar-refractivity contribution in [3.05, 3.63) is 22.4 Å². The van der Waals surface area contributed by atoms with Gasteiger partial charge in [-0.2, -0.15) is 5.26 Å². The molecule has 9 heteroatoms. The molecule has 0 spiro atoms. The summed E-state index contributed by atoms with van der Waals surface area (Å²) in [6.45, 7) is 10.9. The number of methoxy groups -OCH3 is 1. The van der Waals surface area contributed by atoms with Crippen LogP contribution >= 0.6 is 0 Å². The van der Waals surface area contributed by atoms with E-state index < -0.39 is 6.09 Å². The number of piperazine rings is 1. The van der Waals surface area contributed by atoms with Gasteiger partial charge in [0.25, 0.3) is 0 Å². The number of carbonyl (C=O) groups is 2. The van der Waals surface area contributed by atoms with Gasteiger partial charge < -0.3 is 24.6 Å². The number of fused-ring (bicyclic) bond motifs is 1. The molecule has 3 heterocycles. The van der Waals surface area contributed by atoms with Crippen LogP contribution in [0, 0.1) is 17.2 Å². The van der Waals surface area contributed by atoms with Crippen molar-refractivity contribution < 1.29 is 19.1 Å². The Labute approximate surface area is 207 Å². The molecule has 2 aliphatic heterocycles. The van der Waals surface area contributed by atoms with Crippen LogP contribution in [0.2, 0.25) is 0 Å². The van der Waals surface area contributed by atoms with E-state index in [-0.39, 0.29) is 36.4 Å². The maximum absolute atomic E-state index is 13.0. The largest absolute Gasteiger partial charge is 0.453 e. The number of rotatable bonds is 6. The molecule has 0 aromatic carbocycles.